The van der Waals surface area contributed by atoms with Gasteiger partial charge in [-0.15, -0.1) is 0 Å². The highest BCUT2D eigenvalue weighted by molar-refractivity contribution is 6.34. The van der Waals surface area contributed by atoms with Gasteiger partial charge in [-0.3, -0.25) is 0 Å². The fourth-order valence-electron chi connectivity index (χ4n) is 3.13. The van der Waals surface area contributed by atoms with Gasteiger partial charge in [0.05, 0.1) is 10.7 Å². The molecule has 1 aromatic heterocycles. The Morgan fingerprint density at radius 1 is 1.27 bits per heavy atom. The minimum Gasteiger partial charge on any atom is -0.351 e. The van der Waals surface area contributed by atoms with Gasteiger partial charge in [-0.2, -0.15) is 8.78 Å². The molecule has 2 aromatic rings. The van der Waals surface area contributed by atoms with Gasteiger partial charge in [0.2, 0.25) is 5.95 Å². The molecule has 2 N–H and O–H groups in total. The van der Waals surface area contributed by atoms with Crippen LogP contribution in [-0.2, 0) is 18.2 Å². The molecule has 0 unspecified atom stereocenters. The number of rotatable bonds is 3. The Bertz CT molecular complexity index is 850. The van der Waals surface area contributed by atoms with Crippen LogP contribution in [0.3, 0.4) is 0 Å². The average molecular weight is 401 g/mol. The Balaban J connectivity index is 2.25. The lowest BCUT2D eigenvalue weighted by molar-refractivity contribution is 0.0883. The van der Waals surface area contributed by atoms with E-state index in [9.17, 15) is 13.6 Å². The van der Waals surface area contributed by atoms with Crippen LogP contribution in [0.5, 0.6) is 0 Å². The first-order chi connectivity index (χ1) is 12.2. The van der Waals surface area contributed by atoms with Crippen molar-refractivity contribution in [2.75, 3.05) is 4.90 Å². The third-order valence-electron chi connectivity index (χ3n) is 4.27. The number of hydrogen-bond acceptors (Lipinski definition) is 3. The molecule has 3 rings (SSSR count). The smallest absolute Gasteiger partial charge is 0.351 e. The van der Waals surface area contributed by atoms with E-state index >= 15 is 0 Å². The van der Waals surface area contributed by atoms with Crippen molar-refractivity contribution in [3.05, 3.63) is 45.7 Å². The predicted molar refractivity (Wildman–Crippen MR) is 96.3 cm³/mol. The highest BCUT2D eigenvalue weighted by Gasteiger charge is 2.37. The second-order valence-corrected chi connectivity index (χ2v) is 6.96. The van der Waals surface area contributed by atoms with Gasteiger partial charge >= 0.3 is 11.4 Å². The molecule has 1 heterocycles. The van der Waals surface area contributed by atoms with Crippen molar-refractivity contribution in [2.45, 2.75) is 38.0 Å². The number of anilines is 2. The summed E-state index contributed by atoms with van der Waals surface area (Å²) in [6.07, 6.45) is 2.46. The minimum atomic E-state index is -3.68. The number of urea groups is 1. The van der Waals surface area contributed by atoms with E-state index in [1.54, 1.807) is 25.1 Å². The quantitative estimate of drug-likeness (QED) is 0.750. The van der Waals surface area contributed by atoms with Gasteiger partial charge in [0.15, 0.2) is 0 Å². The standard InChI is InChI=1S/C17H16Cl2F2N4O/c1-9-5-4-7-11(18)13(9)25(15(22)26)16-23-12-8-3-2-6-10(12)14(24-16)17(19,20)21/h4-5,7H,2-3,6,8H2,1H3,(H2,22,26). The Morgan fingerprint density at radius 2 is 1.96 bits per heavy atom. The highest BCUT2D eigenvalue weighted by atomic mass is 35.5. The molecule has 5 nitrogen and oxygen atoms in total. The van der Waals surface area contributed by atoms with E-state index in [1.807, 2.05) is 0 Å². The molecule has 0 radical (unpaired) electrons. The Morgan fingerprint density at radius 3 is 2.58 bits per heavy atom. The molecule has 26 heavy (non-hydrogen) atoms. The lowest BCUT2D eigenvalue weighted by Crippen LogP contribution is -2.35. The van der Waals surface area contributed by atoms with Crippen molar-refractivity contribution < 1.29 is 13.6 Å². The third-order valence-corrected chi connectivity index (χ3v) is 4.76. The molecular weight excluding hydrogens is 385 g/mol. The normalized spacial score (nSPS) is 14.0. The molecule has 0 spiro atoms. The van der Waals surface area contributed by atoms with E-state index in [2.05, 4.69) is 9.97 Å². The number of benzene rings is 1. The molecule has 0 saturated carbocycles. The van der Waals surface area contributed by atoms with Crippen molar-refractivity contribution >= 4 is 40.9 Å². The number of carbonyl (C=O) groups excluding carboxylic acids is 1. The number of aromatic nitrogens is 2. The van der Waals surface area contributed by atoms with E-state index in [0.717, 1.165) is 17.7 Å². The molecule has 9 heteroatoms. The average Bonchev–Trinajstić information content (AvgIpc) is 2.56. The summed E-state index contributed by atoms with van der Waals surface area (Å²) in [6.45, 7) is 1.71. The predicted octanol–water partition coefficient (Wildman–Crippen LogP) is 4.82. The molecule has 0 saturated heterocycles. The first-order valence-electron chi connectivity index (χ1n) is 8.02. The SMILES string of the molecule is Cc1cccc(Cl)c1N(C(N)=O)c1nc2c(c(C(F)(F)Cl)n1)CCCC2. The van der Waals surface area contributed by atoms with Gasteiger partial charge in [0.1, 0.15) is 5.69 Å². The van der Waals surface area contributed by atoms with Gasteiger partial charge in [0, 0.05) is 11.3 Å². The topological polar surface area (TPSA) is 72.1 Å². The van der Waals surface area contributed by atoms with Crippen molar-refractivity contribution in [1.29, 1.82) is 0 Å². The van der Waals surface area contributed by atoms with Crippen molar-refractivity contribution in [3.63, 3.8) is 0 Å². The molecular formula is C17H16Cl2F2N4O. The number of para-hydroxylation sites is 1. The summed E-state index contributed by atoms with van der Waals surface area (Å²) in [5, 5.41) is -3.46. The van der Waals surface area contributed by atoms with Crippen molar-refractivity contribution in [2.24, 2.45) is 5.73 Å². The van der Waals surface area contributed by atoms with Crippen molar-refractivity contribution in [1.82, 2.24) is 9.97 Å². The van der Waals surface area contributed by atoms with Crippen molar-refractivity contribution in [3.8, 4) is 0 Å². The number of amides is 2. The zero-order valence-electron chi connectivity index (χ0n) is 13.9. The van der Waals surface area contributed by atoms with E-state index in [1.165, 1.54) is 0 Å². The summed E-state index contributed by atoms with van der Waals surface area (Å²) in [4.78, 5) is 21.3. The monoisotopic (exact) mass is 400 g/mol. The number of hydrogen-bond donors (Lipinski definition) is 1. The maximum Gasteiger partial charge on any atom is 0.365 e. The number of aryl methyl sites for hydroxylation is 2. The molecule has 0 aliphatic heterocycles. The van der Waals surface area contributed by atoms with Crippen LogP contribution in [0, 0.1) is 6.92 Å². The van der Waals surface area contributed by atoms with Crippen LogP contribution in [0.25, 0.3) is 0 Å². The zero-order valence-corrected chi connectivity index (χ0v) is 15.4. The maximum atomic E-state index is 14.0. The fraction of sp³-hybridized carbons (Fsp3) is 0.353. The molecule has 1 aliphatic rings. The summed E-state index contributed by atoms with van der Waals surface area (Å²) in [6, 6.07) is 4.05. The highest BCUT2D eigenvalue weighted by Crippen LogP contribution is 2.39. The van der Waals surface area contributed by atoms with Gasteiger partial charge in [0.25, 0.3) is 0 Å². The Hall–Kier alpha value is -1.99. The van der Waals surface area contributed by atoms with Crippen LogP contribution in [0.15, 0.2) is 18.2 Å². The first kappa shape index (κ1) is 18.8. The summed E-state index contributed by atoms with van der Waals surface area (Å²) in [5.74, 6) is -0.260. The summed E-state index contributed by atoms with van der Waals surface area (Å²) >= 11 is 11.5. The number of carbonyl (C=O) groups is 1. The molecule has 1 aliphatic carbocycles. The summed E-state index contributed by atoms with van der Waals surface area (Å²) in [5.41, 5.74) is 6.57. The first-order valence-corrected chi connectivity index (χ1v) is 8.77. The van der Waals surface area contributed by atoms with Crippen LogP contribution in [-0.4, -0.2) is 16.0 Å². The number of primary amides is 1. The van der Waals surface area contributed by atoms with Crippen LogP contribution < -0.4 is 10.6 Å². The zero-order chi connectivity index (χ0) is 19.1. The van der Waals surface area contributed by atoms with Gasteiger partial charge in [-0.25, -0.2) is 19.7 Å². The molecule has 0 atom stereocenters. The number of alkyl halides is 3. The Kier molecular flexibility index (Phi) is 5.03. The second-order valence-electron chi connectivity index (χ2n) is 6.08. The third kappa shape index (κ3) is 3.46. The van der Waals surface area contributed by atoms with E-state index in [4.69, 9.17) is 28.9 Å². The van der Waals surface area contributed by atoms with Crippen LogP contribution in [0.2, 0.25) is 5.02 Å². The number of nitrogens with two attached hydrogens (primary N) is 1. The maximum absolute atomic E-state index is 14.0. The second kappa shape index (κ2) is 6.96. The van der Waals surface area contributed by atoms with Gasteiger partial charge in [-0.1, -0.05) is 23.7 Å². The lowest BCUT2D eigenvalue weighted by Gasteiger charge is -2.26. The molecule has 0 bridgehead atoms. The summed E-state index contributed by atoms with van der Waals surface area (Å²) in [7, 11) is 0. The summed E-state index contributed by atoms with van der Waals surface area (Å²) < 4.78 is 27.9. The molecule has 0 fully saturated rings. The van der Waals surface area contributed by atoms with Crippen LogP contribution in [0.4, 0.5) is 25.2 Å². The lowest BCUT2D eigenvalue weighted by atomic mass is 9.94. The van der Waals surface area contributed by atoms with Gasteiger partial charge < -0.3 is 5.73 Å². The van der Waals surface area contributed by atoms with E-state index in [0.29, 0.717) is 29.7 Å². The Labute approximate surface area is 159 Å². The fourth-order valence-corrected chi connectivity index (χ4v) is 3.59. The van der Waals surface area contributed by atoms with Gasteiger partial charge in [-0.05, 0) is 55.8 Å². The van der Waals surface area contributed by atoms with E-state index < -0.39 is 17.1 Å². The number of halogens is 4. The van der Waals surface area contributed by atoms with E-state index in [-0.39, 0.29) is 16.7 Å². The van der Waals surface area contributed by atoms with Crippen LogP contribution in [0.1, 0.15) is 35.4 Å². The minimum absolute atomic E-state index is 0.226. The number of nitrogens with zero attached hydrogens (tertiary/aromatic N) is 3. The molecule has 1 aromatic carbocycles. The van der Waals surface area contributed by atoms with Crippen LogP contribution >= 0.6 is 23.2 Å². The molecule has 138 valence electrons. The largest absolute Gasteiger partial charge is 0.365 e. The molecule has 2 amide bonds. The number of fused-ring (bicyclic) bond motifs is 1.